The topological polar surface area (TPSA) is 24.5 Å². The Morgan fingerprint density at radius 3 is 2.55 bits per heavy atom. The molecule has 0 spiro atoms. The molecule has 0 aliphatic heterocycles. The molecular weight excluding hydrogens is 316 g/mol. The molecule has 0 aliphatic carbocycles. The molecule has 0 aliphatic rings. The molecule has 0 aromatic heterocycles. The van der Waals surface area contributed by atoms with Crippen LogP contribution in [0.4, 0.5) is 5.69 Å². The smallest absolute Gasteiger partial charge is 0.0644 e. The molecule has 1 unspecified atom stereocenters. The third-order valence-corrected chi connectivity index (χ3v) is 3.91. The monoisotopic (exact) mass is 342 g/mol. The number of rotatable bonds is 8. The summed E-state index contributed by atoms with van der Waals surface area (Å²) in [6.45, 7) is 11.1. The zero-order chi connectivity index (χ0) is 15.1. The van der Waals surface area contributed by atoms with Gasteiger partial charge >= 0.3 is 0 Å². The molecule has 0 radical (unpaired) electrons. The zero-order valence-corrected chi connectivity index (χ0v) is 14.8. The molecule has 1 aromatic rings. The first-order valence-electron chi connectivity index (χ1n) is 7.31. The number of hydrogen-bond donors (Lipinski definition) is 1. The van der Waals surface area contributed by atoms with Crippen molar-refractivity contribution in [3.63, 3.8) is 0 Å². The minimum absolute atomic E-state index is 0.287. The van der Waals surface area contributed by atoms with Gasteiger partial charge in [0.05, 0.1) is 18.4 Å². The summed E-state index contributed by atoms with van der Waals surface area (Å²) in [6, 6.07) is 6.93. The molecular formula is C16H27BrN2O. The summed E-state index contributed by atoms with van der Waals surface area (Å²) < 4.78 is 6.73. The first-order valence-corrected chi connectivity index (χ1v) is 8.10. The number of hydrogen-bond acceptors (Lipinski definition) is 3. The van der Waals surface area contributed by atoms with Crippen LogP contribution in [0.5, 0.6) is 0 Å². The standard InChI is InChI=1S/C16H27BrN2O/c1-6-18-13(4)14-7-8-16(15(17)11-14)19(5)9-10-20-12(2)3/h7-8,11-13,18H,6,9-10H2,1-5H3. The van der Waals surface area contributed by atoms with E-state index in [0.717, 1.165) is 24.2 Å². The third-order valence-electron chi connectivity index (χ3n) is 3.27. The number of ether oxygens (including phenoxy) is 1. The first kappa shape index (κ1) is 17.5. The van der Waals surface area contributed by atoms with Crippen molar-refractivity contribution in [2.75, 3.05) is 31.6 Å². The quantitative estimate of drug-likeness (QED) is 0.773. The van der Waals surface area contributed by atoms with Gasteiger partial charge in [-0.15, -0.1) is 0 Å². The van der Waals surface area contributed by atoms with Crippen molar-refractivity contribution < 1.29 is 4.74 Å². The Morgan fingerprint density at radius 2 is 2.00 bits per heavy atom. The molecule has 1 rings (SSSR count). The lowest BCUT2D eigenvalue weighted by molar-refractivity contribution is 0.0846. The molecule has 1 aromatic carbocycles. The van der Waals surface area contributed by atoms with Crippen LogP contribution in [0, 0.1) is 0 Å². The summed E-state index contributed by atoms with van der Waals surface area (Å²) in [7, 11) is 2.09. The van der Waals surface area contributed by atoms with Gasteiger partial charge in [0.1, 0.15) is 0 Å². The van der Waals surface area contributed by atoms with Crippen molar-refractivity contribution >= 4 is 21.6 Å². The van der Waals surface area contributed by atoms with Gasteiger partial charge in [0.25, 0.3) is 0 Å². The number of anilines is 1. The van der Waals surface area contributed by atoms with Crippen LogP contribution < -0.4 is 10.2 Å². The van der Waals surface area contributed by atoms with Crippen molar-refractivity contribution in [2.45, 2.75) is 39.8 Å². The van der Waals surface area contributed by atoms with E-state index >= 15 is 0 Å². The van der Waals surface area contributed by atoms with Crippen LogP contribution in [0.1, 0.15) is 39.3 Å². The lowest BCUT2D eigenvalue weighted by atomic mass is 10.1. The highest BCUT2D eigenvalue weighted by Gasteiger charge is 2.10. The molecule has 0 saturated carbocycles. The Labute approximate surface area is 131 Å². The lowest BCUT2D eigenvalue weighted by Gasteiger charge is -2.23. The Balaban J connectivity index is 2.67. The minimum Gasteiger partial charge on any atom is -0.377 e. The number of halogens is 1. The molecule has 0 bridgehead atoms. The van der Waals surface area contributed by atoms with Crippen LogP contribution in [-0.4, -0.2) is 32.8 Å². The summed E-state index contributed by atoms with van der Waals surface area (Å²) in [4.78, 5) is 2.22. The summed E-state index contributed by atoms with van der Waals surface area (Å²) in [6.07, 6.45) is 0.287. The summed E-state index contributed by atoms with van der Waals surface area (Å²) in [5, 5.41) is 3.43. The molecule has 3 nitrogen and oxygen atoms in total. The van der Waals surface area contributed by atoms with Gasteiger partial charge in [-0.25, -0.2) is 0 Å². The normalized spacial score (nSPS) is 12.8. The van der Waals surface area contributed by atoms with E-state index in [1.165, 1.54) is 11.3 Å². The maximum Gasteiger partial charge on any atom is 0.0644 e. The van der Waals surface area contributed by atoms with Gasteiger partial charge in [-0.1, -0.05) is 13.0 Å². The van der Waals surface area contributed by atoms with E-state index < -0.39 is 0 Å². The van der Waals surface area contributed by atoms with Crippen molar-refractivity contribution in [2.24, 2.45) is 0 Å². The van der Waals surface area contributed by atoms with Crippen molar-refractivity contribution in [1.82, 2.24) is 5.32 Å². The molecule has 1 atom stereocenters. The highest BCUT2D eigenvalue weighted by Crippen LogP contribution is 2.28. The van der Waals surface area contributed by atoms with Crippen LogP contribution in [0.3, 0.4) is 0 Å². The van der Waals surface area contributed by atoms with E-state index in [2.05, 4.69) is 79.1 Å². The Kier molecular flexibility index (Phi) is 7.56. The Hall–Kier alpha value is -0.580. The van der Waals surface area contributed by atoms with Crippen molar-refractivity contribution in [1.29, 1.82) is 0 Å². The largest absolute Gasteiger partial charge is 0.377 e. The van der Waals surface area contributed by atoms with Gasteiger partial charge in [-0.05, 0) is 60.9 Å². The second-order valence-electron chi connectivity index (χ2n) is 5.33. The first-order chi connectivity index (χ1) is 9.45. The average molecular weight is 343 g/mol. The van der Waals surface area contributed by atoms with Gasteiger partial charge in [-0.3, -0.25) is 0 Å². The number of benzene rings is 1. The Bertz CT molecular complexity index is 409. The second-order valence-corrected chi connectivity index (χ2v) is 6.19. The van der Waals surface area contributed by atoms with Crippen LogP contribution in [0.25, 0.3) is 0 Å². The zero-order valence-electron chi connectivity index (χ0n) is 13.2. The van der Waals surface area contributed by atoms with Gasteiger partial charge in [0.2, 0.25) is 0 Å². The van der Waals surface area contributed by atoms with Gasteiger partial charge < -0.3 is 15.0 Å². The predicted octanol–water partition coefficient (Wildman–Crippen LogP) is 3.98. The molecule has 114 valence electrons. The van der Waals surface area contributed by atoms with E-state index in [-0.39, 0.29) is 6.10 Å². The van der Waals surface area contributed by atoms with E-state index in [0.29, 0.717) is 6.04 Å². The molecule has 1 N–H and O–H groups in total. The predicted molar refractivity (Wildman–Crippen MR) is 90.6 cm³/mol. The average Bonchev–Trinajstić information content (AvgIpc) is 2.38. The van der Waals surface area contributed by atoms with Gasteiger partial charge in [0.15, 0.2) is 0 Å². The van der Waals surface area contributed by atoms with Crippen LogP contribution >= 0.6 is 15.9 Å². The summed E-state index contributed by atoms with van der Waals surface area (Å²) in [5.74, 6) is 0. The van der Waals surface area contributed by atoms with Gasteiger partial charge in [0, 0.05) is 24.1 Å². The van der Waals surface area contributed by atoms with E-state index in [1.807, 2.05) is 0 Å². The van der Waals surface area contributed by atoms with Crippen LogP contribution in [0.15, 0.2) is 22.7 Å². The molecule has 0 fully saturated rings. The lowest BCUT2D eigenvalue weighted by Crippen LogP contribution is -2.24. The molecule has 4 heteroatoms. The van der Waals surface area contributed by atoms with E-state index in [9.17, 15) is 0 Å². The second kappa shape index (κ2) is 8.65. The number of likely N-dealkylation sites (N-methyl/N-ethyl adjacent to an activating group) is 1. The van der Waals surface area contributed by atoms with Crippen LogP contribution in [-0.2, 0) is 4.74 Å². The highest BCUT2D eigenvalue weighted by atomic mass is 79.9. The SMILES string of the molecule is CCNC(C)c1ccc(N(C)CCOC(C)C)c(Br)c1. The third kappa shape index (κ3) is 5.43. The highest BCUT2D eigenvalue weighted by molar-refractivity contribution is 9.10. The number of nitrogens with zero attached hydrogens (tertiary/aromatic N) is 1. The summed E-state index contributed by atoms with van der Waals surface area (Å²) in [5.41, 5.74) is 2.50. The number of nitrogens with one attached hydrogen (secondary N) is 1. The minimum atomic E-state index is 0.287. The summed E-state index contributed by atoms with van der Waals surface area (Å²) >= 11 is 3.68. The van der Waals surface area contributed by atoms with Crippen molar-refractivity contribution in [3.05, 3.63) is 28.2 Å². The maximum absolute atomic E-state index is 5.60. The molecule has 0 heterocycles. The Morgan fingerprint density at radius 1 is 1.30 bits per heavy atom. The maximum atomic E-state index is 5.60. The van der Waals surface area contributed by atoms with Crippen molar-refractivity contribution in [3.8, 4) is 0 Å². The van der Waals surface area contributed by atoms with E-state index in [4.69, 9.17) is 4.74 Å². The van der Waals surface area contributed by atoms with Gasteiger partial charge in [-0.2, -0.15) is 0 Å². The fourth-order valence-corrected chi connectivity index (χ4v) is 2.77. The van der Waals surface area contributed by atoms with E-state index in [1.54, 1.807) is 0 Å². The van der Waals surface area contributed by atoms with Crippen LogP contribution in [0.2, 0.25) is 0 Å². The molecule has 0 saturated heterocycles. The molecule has 20 heavy (non-hydrogen) atoms. The fraction of sp³-hybridized carbons (Fsp3) is 0.625. The molecule has 0 amide bonds. The fourth-order valence-electron chi connectivity index (χ4n) is 2.07.